The molecule has 1 aliphatic heterocycles. The summed E-state index contributed by atoms with van der Waals surface area (Å²) in [6.07, 6.45) is 5.12. The molecule has 1 aliphatic carbocycles. The third kappa shape index (κ3) is 2.13. The van der Waals surface area contributed by atoms with Crippen molar-refractivity contribution in [1.82, 2.24) is 9.88 Å². The van der Waals surface area contributed by atoms with Crippen molar-refractivity contribution in [2.24, 2.45) is 10.8 Å². The minimum atomic E-state index is 0.100. The standard InChI is InChI=1S/C15H23N3O/c1-14(2)5-11-6-15(3,8-14)9-18(11)13(19)12-4-10(16)7-17-12/h4,7,11,17H,5-6,8-9,16H2,1-3H3. The predicted molar refractivity (Wildman–Crippen MR) is 75.8 cm³/mol. The smallest absolute Gasteiger partial charge is 0.270 e. The van der Waals surface area contributed by atoms with Gasteiger partial charge in [0.05, 0.1) is 0 Å². The lowest BCUT2D eigenvalue weighted by Crippen LogP contribution is -2.37. The van der Waals surface area contributed by atoms with E-state index in [0.29, 0.717) is 22.8 Å². The van der Waals surface area contributed by atoms with Gasteiger partial charge in [-0.05, 0) is 36.2 Å². The van der Waals surface area contributed by atoms with Gasteiger partial charge in [0.15, 0.2) is 0 Å². The molecule has 3 N–H and O–H groups in total. The molecule has 2 heterocycles. The van der Waals surface area contributed by atoms with E-state index >= 15 is 0 Å². The molecule has 1 aromatic rings. The molecule has 1 aromatic heterocycles. The number of nitrogens with one attached hydrogen (secondary N) is 1. The molecule has 1 saturated heterocycles. The molecule has 4 heteroatoms. The zero-order valence-corrected chi connectivity index (χ0v) is 12.0. The van der Waals surface area contributed by atoms with Crippen LogP contribution in [0.2, 0.25) is 0 Å². The van der Waals surface area contributed by atoms with Crippen molar-refractivity contribution < 1.29 is 4.79 Å². The summed E-state index contributed by atoms with van der Waals surface area (Å²) in [7, 11) is 0. The molecule has 4 nitrogen and oxygen atoms in total. The Hall–Kier alpha value is -1.45. The summed E-state index contributed by atoms with van der Waals surface area (Å²) in [5.41, 5.74) is 7.54. The van der Waals surface area contributed by atoms with Crippen LogP contribution >= 0.6 is 0 Å². The number of carbonyl (C=O) groups excluding carboxylic acids is 1. The van der Waals surface area contributed by atoms with Crippen LogP contribution in [-0.2, 0) is 0 Å². The van der Waals surface area contributed by atoms with E-state index in [-0.39, 0.29) is 11.3 Å². The fourth-order valence-electron chi connectivity index (χ4n) is 4.39. The Bertz CT molecular complexity index is 519. The van der Waals surface area contributed by atoms with E-state index in [1.165, 1.54) is 6.42 Å². The van der Waals surface area contributed by atoms with Gasteiger partial charge < -0.3 is 15.6 Å². The molecule has 2 fully saturated rings. The van der Waals surface area contributed by atoms with Crippen molar-refractivity contribution in [1.29, 1.82) is 0 Å². The number of anilines is 1. The average Bonchev–Trinajstić information content (AvgIpc) is 2.78. The van der Waals surface area contributed by atoms with E-state index in [2.05, 4.69) is 30.7 Å². The normalized spacial score (nSPS) is 32.6. The number of nitrogens with two attached hydrogens (primary N) is 1. The van der Waals surface area contributed by atoms with E-state index in [9.17, 15) is 4.79 Å². The monoisotopic (exact) mass is 261 g/mol. The molecule has 0 aromatic carbocycles. The lowest BCUT2D eigenvalue weighted by molar-refractivity contribution is 0.0703. The second kappa shape index (κ2) is 3.78. The number of nitrogens with zero attached hydrogens (tertiary/aromatic N) is 1. The second-order valence-corrected chi connectivity index (χ2v) is 7.49. The van der Waals surface area contributed by atoms with Crippen LogP contribution in [0.1, 0.15) is 50.5 Å². The largest absolute Gasteiger partial charge is 0.397 e. The highest BCUT2D eigenvalue weighted by atomic mass is 16.2. The third-order valence-electron chi connectivity index (χ3n) is 4.61. The molecular weight excluding hydrogens is 238 g/mol. The minimum Gasteiger partial charge on any atom is -0.397 e. The number of hydrogen-bond acceptors (Lipinski definition) is 2. The zero-order chi connectivity index (χ0) is 13.8. The van der Waals surface area contributed by atoms with Crippen molar-refractivity contribution in [3.63, 3.8) is 0 Å². The molecular formula is C15H23N3O. The number of rotatable bonds is 1. The topological polar surface area (TPSA) is 62.1 Å². The molecule has 19 heavy (non-hydrogen) atoms. The Morgan fingerprint density at radius 3 is 2.79 bits per heavy atom. The van der Waals surface area contributed by atoms with Gasteiger partial charge in [0, 0.05) is 24.5 Å². The van der Waals surface area contributed by atoms with Crippen LogP contribution in [0.25, 0.3) is 0 Å². The molecule has 104 valence electrons. The summed E-state index contributed by atoms with van der Waals surface area (Å²) in [6, 6.07) is 2.11. The average molecular weight is 261 g/mol. The van der Waals surface area contributed by atoms with Crippen LogP contribution in [-0.4, -0.2) is 28.4 Å². The molecule has 1 amide bonds. The Morgan fingerprint density at radius 2 is 2.16 bits per heavy atom. The molecule has 2 unspecified atom stereocenters. The van der Waals surface area contributed by atoms with Crippen LogP contribution in [0.15, 0.2) is 12.3 Å². The fraction of sp³-hybridized carbons (Fsp3) is 0.667. The number of likely N-dealkylation sites (tertiary alicyclic amines) is 1. The van der Waals surface area contributed by atoms with Gasteiger partial charge >= 0.3 is 0 Å². The Balaban J connectivity index is 1.86. The van der Waals surface area contributed by atoms with Crippen molar-refractivity contribution >= 4 is 11.6 Å². The summed E-state index contributed by atoms with van der Waals surface area (Å²) < 4.78 is 0. The third-order valence-corrected chi connectivity index (χ3v) is 4.61. The van der Waals surface area contributed by atoms with Crippen molar-refractivity contribution in [2.75, 3.05) is 12.3 Å². The Morgan fingerprint density at radius 1 is 1.42 bits per heavy atom. The molecule has 3 rings (SSSR count). The van der Waals surface area contributed by atoms with Crippen molar-refractivity contribution in [2.45, 2.75) is 46.1 Å². The van der Waals surface area contributed by atoms with Crippen LogP contribution < -0.4 is 5.73 Å². The van der Waals surface area contributed by atoms with E-state index in [0.717, 1.165) is 19.4 Å². The van der Waals surface area contributed by atoms with E-state index in [1.807, 2.05) is 0 Å². The van der Waals surface area contributed by atoms with Gasteiger partial charge in [-0.2, -0.15) is 0 Å². The number of nitrogen functional groups attached to an aromatic ring is 1. The van der Waals surface area contributed by atoms with Crippen LogP contribution in [0.4, 0.5) is 5.69 Å². The number of aromatic nitrogens is 1. The number of aromatic amines is 1. The maximum Gasteiger partial charge on any atom is 0.270 e. The van der Waals surface area contributed by atoms with Gasteiger partial charge in [0.2, 0.25) is 0 Å². The number of carbonyl (C=O) groups is 1. The van der Waals surface area contributed by atoms with Crippen LogP contribution in [0.5, 0.6) is 0 Å². The maximum absolute atomic E-state index is 12.6. The van der Waals surface area contributed by atoms with Crippen molar-refractivity contribution in [3.8, 4) is 0 Å². The Kier molecular flexibility index (Phi) is 2.50. The predicted octanol–water partition coefficient (Wildman–Crippen LogP) is 2.64. The SMILES string of the molecule is CC1(C)CC2CC(C)(CN2C(=O)c2cc(N)c[nH]2)C1. The zero-order valence-electron chi connectivity index (χ0n) is 12.0. The van der Waals surface area contributed by atoms with Crippen molar-refractivity contribution in [3.05, 3.63) is 18.0 Å². The lowest BCUT2D eigenvalue weighted by atomic mass is 9.65. The molecule has 2 bridgehead atoms. The summed E-state index contributed by atoms with van der Waals surface area (Å²) in [5, 5.41) is 0. The van der Waals surface area contributed by atoms with Gasteiger partial charge in [-0.3, -0.25) is 4.79 Å². The quantitative estimate of drug-likeness (QED) is 0.816. The first kappa shape index (κ1) is 12.6. The number of hydrogen-bond donors (Lipinski definition) is 2. The maximum atomic E-state index is 12.6. The van der Waals surface area contributed by atoms with E-state index in [4.69, 9.17) is 5.73 Å². The molecule has 2 aliphatic rings. The van der Waals surface area contributed by atoms with Gasteiger partial charge in [0.25, 0.3) is 5.91 Å². The number of amides is 1. The molecule has 0 radical (unpaired) electrons. The van der Waals surface area contributed by atoms with E-state index in [1.54, 1.807) is 12.3 Å². The summed E-state index contributed by atoms with van der Waals surface area (Å²) >= 11 is 0. The lowest BCUT2D eigenvalue weighted by Gasteiger charge is -2.39. The van der Waals surface area contributed by atoms with Crippen LogP contribution in [0, 0.1) is 10.8 Å². The Labute approximate surface area is 114 Å². The van der Waals surface area contributed by atoms with Gasteiger partial charge in [0.1, 0.15) is 5.69 Å². The van der Waals surface area contributed by atoms with Gasteiger partial charge in [-0.25, -0.2) is 0 Å². The summed E-state index contributed by atoms with van der Waals surface area (Å²) in [5.74, 6) is 0.100. The first-order valence-corrected chi connectivity index (χ1v) is 7.03. The first-order valence-electron chi connectivity index (χ1n) is 7.03. The highest BCUT2D eigenvalue weighted by Crippen LogP contribution is 2.52. The number of H-pyrrole nitrogens is 1. The molecule has 0 spiro atoms. The highest BCUT2D eigenvalue weighted by molar-refractivity contribution is 5.94. The second-order valence-electron chi connectivity index (χ2n) is 7.49. The molecule has 1 saturated carbocycles. The summed E-state index contributed by atoms with van der Waals surface area (Å²) in [6.45, 7) is 7.83. The van der Waals surface area contributed by atoms with Crippen LogP contribution in [0.3, 0.4) is 0 Å². The van der Waals surface area contributed by atoms with Gasteiger partial charge in [-0.15, -0.1) is 0 Å². The number of fused-ring (bicyclic) bond motifs is 2. The van der Waals surface area contributed by atoms with E-state index < -0.39 is 0 Å². The molecule has 2 atom stereocenters. The fourth-order valence-corrected chi connectivity index (χ4v) is 4.39. The van der Waals surface area contributed by atoms with Gasteiger partial charge in [-0.1, -0.05) is 20.8 Å². The minimum absolute atomic E-state index is 0.100. The highest BCUT2D eigenvalue weighted by Gasteiger charge is 2.51. The first-order chi connectivity index (χ1) is 8.78. The summed E-state index contributed by atoms with van der Waals surface area (Å²) in [4.78, 5) is 17.6.